The Kier molecular flexibility index (Phi) is 3.92. The highest BCUT2D eigenvalue weighted by atomic mass is 15.2. The van der Waals surface area contributed by atoms with E-state index in [-0.39, 0.29) is 0 Å². The van der Waals surface area contributed by atoms with Gasteiger partial charge in [-0.25, -0.2) is 0 Å². The molecular weight excluding hydrogens is 232 g/mol. The molecule has 3 aliphatic rings. The van der Waals surface area contributed by atoms with Crippen molar-refractivity contribution in [3.8, 4) is 0 Å². The van der Waals surface area contributed by atoms with Gasteiger partial charge in [0.1, 0.15) is 0 Å². The average Bonchev–Trinajstić information content (AvgIpc) is 3.00. The Morgan fingerprint density at radius 3 is 2.47 bits per heavy atom. The quantitative estimate of drug-likeness (QED) is 0.841. The maximum atomic E-state index is 3.84. The van der Waals surface area contributed by atoms with E-state index < -0.39 is 0 Å². The minimum Gasteiger partial charge on any atom is -0.311 e. The third kappa shape index (κ3) is 3.16. The largest absolute Gasteiger partial charge is 0.311 e. The lowest BCUT2D eigenvalue weighted by molar-refractivity contribution is 0.0967. The monoisotopic (exact) mass is 264 g/mol. The van der Waals surface area contributed by atoms with Crippen LogP contribution in [0.4, 0.5) is 0 Å². The zero-order valence-electron chi connectivity index (χ0n) is 13.1. The predicted molar refractivity (Wildman–Crippen MR) is 81.3 cm³/mol. The summed E-state index contributed by atoms with van der Waals surface area (Å²) in [7, 11) is 0. The molecule has 2 nitrogen and oxygen atoms in total. The van der Waals surface area contributed by atoms with Gasteiger partial charge in [-0.1, -0.05) is 33.1 Å². The van der Waals surface area contributed by atoms with Crippen LogP contribution in [0.25, 0.3) is 0 Å². The number of hydrogen-bond donors (Lipinski definition) is 1. The highest BCUT2D eigenvalue weighted by molar-refractivity contribution is 4.99. The van der Waals surface area contributed by atoms with Crippen LogP contribution in [0.5, 0.6) is 0 Å². The van der Waals surface area contributed by atoms with E-state index in [9.17, 15) is 0 Å². The van der Waals surface area contributed by atoms with Crippen molar-refractivity contribution in [3.05, 3.63) is 0 Å². The Labute approximate surface area is 119 Å². The summed E-state index contributed by atoms with van der Waals surface area (Å²) in [4.78, 5) is 2.79. The summed E-state index contributed by atoms with van der Waals surface area (Å²) in [6, 6.07) is 1.51. The molecule has 0 spiro atoms. The molecule has 0 bridgehead atoms. The number of hydrogen-bond acceptors (Lipinski definition) is 2. The lowest BCUT2D eigenvalue weighted by Gasteiger charge is -2.43. The second-order valence-corrected chi connectivity index (χ2v) is 8.11. The third-order valence-electron chi connectivity index (χ3n) is 6.12. The highest BCUT2D eigenvalue weighted by Gasteiger charge is 2.47. The van der Waals surface area contributed by atoms with Crippen LogP contribution in [0, 0.1) is 17.3 Å². The molecule has 3 atom stereocenters. The van der Waals surface area contributed by atoms with Gasteiger partial charge in [-0.2, -0.15) is 0 Å². The Bertz CT molecular complexity index is 306. The molecule has 2 aliphatic carbocycles. The molecule has 0 aromatic carbocycles. The van der Waals surface area contributed by atoms with Crippen LogP contribution in [0.3, 0.4) is 0 Å². The van der Waals surface area contributed by atoms with Crippen molar-refractivity contribution in [2.24, 2.45) is 17.3 Å². The number of rotatable bonds is 3. The average molecular weight is 264 g/mol. The first-order chi connectivity index (χ1) is 9.06. The van der Waals surface area contributed by atoms with Crippen molar-refractivity contribution in [3.63, 3.8) is 0 Å². The molecule has 0 radical (unpaired) electrons. The van der Waals surface area contributed by atoms with Crippen molar-refractivity contribution in [1.29, 1.82) is 0 Å². The fourth-order valence-electron chi connectivity index (χ4n) is 4.23. The zero-order chi connectivity index (χ0) is 13.5. The molecular formula is C17H32N2. The second-order valence-electron chi connectivity index (χ2n) is 8.11. The van der Waals surface area contributed by atoms with Crippen molar-refractivity contribution in [2.45, 2.75) is 71.4 Å². The van der Waals surface area contributed by atoms with Gasteiger partial charge in [0.2, 0.25) is 0 Å². The number of nitrogens with zero attached hydrogens (tertiary/aromatic N) is 1. The molecule has 0 amide bonds. The predicted octanol–water partition coefficient (Wildman–Crippen LogP) is 3.28. The maximum Gasteiger partial charge on any atom is 0.0224 e. The van der Waals surface area contributed by atoms with Crippen molar-refractivity contribution >= 4 is 0 Å². The zero-order valence-corrected chi connectivity index (χ0v) is 13.1. The molecule has 1 heterocycles. The van der Waals surface area contributed by atoms with E-state index in [1.54, 1.807) is 0 Å². The Morgan fingerprint density at radius 2 is 1.84 bits per heavy atom. The second kappa shape index (κ2) is 5.37. The van der Waals surface area contributed by atoms with Crippen LogP contribution in [0.1, 0.15) is 59.3 Å². The van der Waals surface area contributed by atoms with Crippen molar-refractivity contribution in [1.82, 2.24) is 10.2 Å². The van der Waals surface area contributed by atoms with Gasteiger partial charge in [0, 0.05) is 31.7 Å². The molecule has 110 valence electrons. The van der Waals surface area contributed by atoms with Crippen LogP contribution >= 0.6 is 0 Å². The Hall–Kier alpha value is -0.0800. The van der Waals surface area contributed by atoms with Crippen molar-refractivity contribution in [2.75, 3.05) is 19.6 Å². The van der Waals surface area contributed by atoms with Crippen LogP contribution in [-0.4, -0.2) is 36.6 Å². The third-order valence-corrected chi connectivity index (χ3v) is 6.12. The summed E-state index contributed by atoms with van der Waals surface area (Å²) < 4.78 is 0. The van der Waals surface area contributed by atoms with E-state index in [1.165, 1.54) is 58.2 Å². The molecule has 1 aliphatic heterocycles. The molecule has 1 saturated heterocycles. The van der Waals surface area contributed by atoms with Gasteiger partial charge in [0.05, 0.1) is 0 Å². The first kappa shape index (κ1) is 13.9. The maximum absolute atomic E-state index is 3.84. The van der Waals surface area contributed by atoms with Crippen molar-refractivity contribution < 1.29 is 0 Å². The SMILES string of the molecule is CC1CNC(C2CCCCC2)CN1CC1CC1(C)C. The number of nitrogens with one attached hydrogen (secondary N) is 1. The van der Waals surface area contributed by atoms with Gasteiger partial charge in [-0.15, -0.1) is 0 Å². The van der Waals surface area contributed by atoms with E-state index >= 15 is 0 Å². The molecule has 3 rings (SSSR count). The van der Waals surface area contributed by atoms with Gasteiger partial charge < -0.3 is 5.32 Å². The van der Waals surface area contributed by atoms with Crippen LogP contribution in [0.2, 0.25) is 0 Å². The van der Waals surface area contributed by atoms with E-state index in [0.717, 1.165) is 23.9 Å². The van der Waals surface area contributed by atoms with E-state index in [2.05, 4.69) is 31.0 Å². The Morgan fingerprint density at radius 1 is 1.16 bits per heavy atom. The lowest BCUT2D eigenvalue weighted by atomic mass is 9.82. The summed E-state index contributed by atoms with van der Waals surface area (Å²) in [5, 5.41) is 3.84. The molecule has 0 aromatic heterocycles. The van der Waals surface area contributed by atoms with Gasteiger partial charge in [-0.3, -0.25) is 4.90 Å². The molecule has 2 heteroatoms. The minimum atomic E-state index is 0.630. The highest BCUT2D eigenvalue weighted by Crippen LogP contribution is 2.52. The smallest absolute Gasteiger partial charge is 0.0224 e. The molecule has 3 fully saturated rings. The molecule has 1 N–H and O–H groups in total. The minimum absolute atomic E-state index is 0.630. The molecule has 2 saturated carbocycles. The standard InChI is InChI=1S/C17H32N2/c1-13-10-18-16(14-7-5-4-6-8-14)12-19(13)11-15-9-17(15,2)3/h13-16,18H,4-12H2,1-3H3. The fraction of sp³-hybridized carbons (Fsp3) is 1.00. The van der Waals surface area contributed by atoms with Gasteiger partial charge >= 0.3 is 0 Å². The van der Waals surface area contributed by atoms with E-state index in [4.69, 9.17) is 0 Å². The first-order valence-corrected chi connectivity index (χ1v) is 8.54. The fourth-order valence-corrected chi connectivity index (χ4v) is 4.23. The van der Waals surface area contributed by atoms with Gasteiger partial charge in [0.15, 0.2) is 0 Å². The molecule has 19 heavy (non-hydrogen) atoms. The summed E-state index contributed by atoms with van der Waals surface area (Å²) in [5.74, 6) is 1.91. The normalized spacial score (nSPS) is 40.3. The van der Waals surface area contributed by atoms with Crippen LogP contribution in [-0.2, 0) is 0 Å². The number of piperazine rings is 1. The van der Waals surface area contributed by atoms with Crippen LogP contribution < -0.4 is 5.32 Å². The summed E-state index contributed by atoms with van der Waals surface area (Å²) in [6.45, 7) is 11.1. The summed E-state index contributed by atoms with van der Waals surface area (Å²) in [5.41, 5.74) is 0.630. The van der Waals surface area contributed by atoms with Crippen LogP contribution in [0.15, 0.2) is 0 Å². The summed E-state index contributed by atoms with van der Waals surface area (Å²) in [6.07, 6.45) is 8.78. The summed E-state index contributed by atoms with van der Waals surface area (Å²) >= 11 is 0. The van der Waals surface area contributed by atoms with Gasteiger partial charge in [0.25, 0.3) is 0 Å². The molecule has 3 unspecified atom stereocenters. The topological polar surface area (TPSA) is 15.3 Å². The van der Waals surface area contributed by atoms with Gasteiger partial charge in [-0.05, 0) is 43.4 Å². The van der Waals surface area contributed by atoms with E-state index in [0.29, 0.717) is 5.41 Å². The Balaban J connectivity index is 1.54. The molecule has 0 aromatic rings. The van der Waals surface area contributed by atoms with E-state index in [1.807, 2.05) is 0 Å². The first-order valence-electron chi connectivity index (χ1n) is 8.54. The lowest BCUT2D eigenvalue weighted by Crippen LogP contribution is -2.58.